The number of thioether (sulfide) groups is 1. The fraction of sp³-hybridized carbons (Fsp3) is 0.385. The molecule has 0 fully saturated rings. The van der Waals surface area contributed by atoms with E-state index in [0.717, 1.165) is 34.8 Å². The molecule has 1 aromatic carbocycles. The number of nitrogens with zero attached hydrogens (tertiary/aromatic N) is 2. The zero-order valence-electron chi connectivity index (χ0n) is 10.6. The van der Waals surface area contributed by atoms with Crippen molar-refractivity contribution in [2.45, 2.75) is 37.3 Å². The predicted octanol–water partition coefficient (Wildman–Crippen LogP) is 3.21. The molecule has 4 nitrogen and oxygen atoms in total. The van der Waals surface area contributed by atoms with Gasteiger partial charge in [-0.15, -0.1) is 11.8 Å². The molecule has 96 valence electrons. The molecule has 0 bridgehead atoms. The number of anilines is 1. The van der Waals surface area contributed by atoms with Gasteiger partial charge in [0.15, 0.2) is 5.82 Å². The first-order valence-electron chi connectivity index (χ1n) is 6.00. The summed E-state index contributed by atoms with van der Waals surface area (Å²) in [6, 6.07) is 5.92. The molecule has 0 unspecified atom stereocenters. The first-order valence-corrected chi connectivity index (χ1v) is 6.98. The second-order valence-electron chi connectivity index (χ2n) is 4.11. The first-order chi connectivity index (χ1) is 8.70. The lowest BCUT2D eigenvalue weighted by Crippen LogP contribution is -1.91. The third-order valence-electron chi connectivity index (χ3n) is 2.66. The van der Waals surface area contributed by atoms with Gasteiger partial charge in [0.1, 0.15) is 0 Å². The second-order valence-corrected chi connectivity index (χ2v) is 5.13. The van der Waals surface area contributed by atoms with Crippen molar-refractivity contribution in [2.24, 2.45) is 0 Å². The molecule has 0 saturated heterocycles. The van der Waals surface area contributed by atoms with Crippen molar-refractivity contribution in [1.82, 2.24) is 10.1 Å². The minimum absolute atomic E-state index is 0.672. The van der Waals surface area contributed by atoms with Crippen molar-refractivity contribution in [1.29, 1.82) is 0 Å². The van der Waals surface area contributed by atoms with Gasteiger partial charge in [-0.05, 0) is 31.0 Å². The number of hydrogen-bond donors (Lipinski definition) is 1. The van der Waals surface area contributed by atoms with Crippen molar-refractivity contribution in [2.75, 3.05) is 5.73 Å². The molecule has 0 aliphatic heterocycles. The van der Waals surface area contributed by atoms with Crippen LogP contribution in [0.3, 0.4) is 0 Å². The molecule has 5 heteroatoms. The Balaban J connectivity index is 2.00. The highest BCUT2D eigenvalue weighted by Gasteiger charge is 2.08. The summed E-state index contributed by atoms with van der Waals surface area (Å²) in [5.41, 5.74) is 7.79. The predicted molar refractivity (Wildman–Crippen MR) is 73.4 cm³/mol. The Hall–Kier alpha value is -1.49. The molecular formula is C13H17N3OS. The summed E-state index contributed by atoms with van der Waals surface area (Å²) in [5, 5.41) is 3.93. The number of hydrogen-bond acceptors (Lipinski definition) is 5. The van der Waals surface area contributed by atoms with Gasteiger partial charge in [0.05, 0.1) is 5.75 Å². The highest BCUT2D eigenvalue weighted by atomic mass is 32.2. The van der Waals surface area contributed by atoms with E-state index in [2.05, 4.69) is 23.1 Å². The van der Waals surface area contributed by atoms with Crippen LogP contribution < -0.4 is 5.73 Å². The van der Waals surface area contributed by atoms with Gasteiger partial charge in [0.25, 0.3) is 0 Å². The quantitative estimate of drug-likeness (QED) is 0.663. The molecule has 0 saturated carbocycles. The van der Waals surface area contributed by atoms with E-state index in [4.69, 9.17) is 10.3 Å². The average Bonchev–Trinajstić information content (AvgIpc) is 2.79. The Morgan fingerprint density at radius 2 is 2.22 bits per heavy atom. The zero-order valence-corrected chi connectivity index (χ0v) is 11.5. The largest absolute Gasteiger partial charge is 0.398 e. The smallest absolute Gasteiger partial charge is 0.237 e. The fourth-order valence-corrected chi connectivity index (χ4v) is 2.51. The summed E-state index contributed by atoms with van der Waals surface area (Å²) < 4.78 is 5.20. The monoisotopic (exact) mass is 263 g/mol. The Labute approximate surface area is 111 Å². The fourth-order valence-electron chi connectivity index (χ4n) is 1.60. The number of aromatic nitrogens is 2. The minimum atomic E-state index is 0.672. The molecule has 0 amide bonds. The minimum Gasteiger partial charge on any atom is -0.398 e. The van der Waals surface area contributed by atoms with Crippen LogP contribution in [0.25, 0.3) is 0 Å². The van der Waals surface area contributed by atoms with Gasteiger partial charge in [0.2, 0.25) is 5.89 Å². The van der Waals surface area contributed by atoms with E-state index in [9.17, 15) is 0 Å². The normalized spacial score (nSPS) is 10.8. The first kappa shape index (κ1) is 13.0. The van der Waals surface area contributed by atoms with Crippen LogP contribution in [0.1, 0.15) is 30.6 Å². The number of nitrogen functional groups attached to an aromatic ring is 1. The summed E-state index contributed by atoms with van der Waals surface area (Å²) in [4.78, 5) is 5.49. The van der Waals surface area contributed by atoms with Crippen molar-refractivity contribution < 1.29 is 4.52 Å². The lowest BCUT2D eigenvalue weighted by molar-refractivity contribution is 0.384. The van der Waals surface area contributed by atoms with E-state index in [0.29, 0.717) is 11.6 Å². The molecule has 0 radical (unpaired) electrons. The maximum atomic E-state index is 5.87. The lowest BCUT2D eigenvalue weighted by Gasteiger charge is -2.05. The van der Waals surface area contributed by atoms with Crippen LogP contribution in [0.5, 0.6) is 0 Å². The topological polar surface area (TPSA) is 64.9 Å². The molecule has 0 spiro atoms. The van der Waals surface area contributed by atoms with E-state index < -0.39 is 0 Å². The van der Waals surface area contributed by atoms with Gasteiger partial charge in [-0.3, -0.25) is 0 Å². The van der Waals surface area contributed by atoms with Crippen LogP contribution in [0.4, 0.5) is 5.69 Å². The molecule has 2 N–H and O–H groups in total. The molecule has 18 heavy (non-hydrogen) atoms. The number of rotatable bonds is 5. The highest BCUT2D eigenvalue weighted by molar-refractivity contribution is 7.98. The lowest BCUT2D eigenvalue weighted by atomic mass is 10.2. The number of benzene rings is 1. The van der Waals surface area contributed by atoms with Crippen molar-refractivity contribution in [3.8, 4) is 0 Å². The number of aryl methyl sites for hydroxylation is 1. The third kappa shape index (κ3) is 3.04. The summed E-state index contributed by atoms with van der Waals surface area (Å²) >= 11 is 1.67. The summed E-state index contributed by atoms with van der Waals surface area (Å²) in [6.45, 7) is 4.12. The summed E-state index contributed by atoms with van der Waals surface area (Å²) in [7, 11) is 0. The van der Waals surface area contributed by atoms with Gasteiger partial charge in [-0.25, -0.2) is 0 Å². The van der Waals surface area contributed by atoms with Crippen LogP contribution >= 0.6 is 11.8 Å². The van der Waals surface area contributed by atoms with Crippen LogP contribution in [0.2, 0.25) is 0 Å². The van der Waals surface area contributed by atoms with Crippen LogP contribution in [0, 0.1) is 6.92 Å². The van der Waals surface area contributed by atoms with E-state index in [1.807, 2.05) is 19.1 Å². The van der Waals surface area contributed by atoms with Crippen molar-refractivity contribution in [3.05, 3.63) is 35.5 Å². The standard InChI is InChI=1S/C13H17N3OS/c1-3-5-12-15-13(17-16-12)8-18-11-7-4-6-10(14)9(11)2/h4,6-7H,3,5,8,14H2,1-2H3. The highest BCUT2D eigenvalue weighted by Crippen LogP contribution is 2.28. The van der Waals surface area contributed by atoms with Crippen LogP contribution in [0.15, 0.2) is 27.6 Å². The Kier molecular flexibility index (Phi) is 4.25. The molecule has 0 aliphatic rings. The van der Waals surface area contributed by atoms with Crippen LogP contribution in [-0.2, 0) is 12.2 Å². The molecular weight excluding hydrogens is 246 g/mol. The van der Waals surface area contributed by atoms with E-state index >= 15 is 0 Å². The molecule has 0 aliphatic carbocycles. The SMILES string of the molecule is CCCc1noc(CSc2cccc(N)c2C)n1. The molecule has 1 aromatic heterocycles. The zero-order chi connectivity index (χ0) is 13.0. The Bertz CT molecular complexity index is 525. The van der Waals surface area contributed by atoms with Crippen LogP contribution in [-0.4, -0.2) is 10.1 Å². The molecule has 2 rings (SSSR count). The average molecular weight is 263 g/mol. The maximum Gasteiger partial charge on any atom is 0.237 e. The van der Waals surface area contributed by atoms with Gasteiger partial charge < -0.3 is 10.3 Å². The van der Waals surface area contributed by atoms with Gasteiger partial charge in [0, 0.05) is 17.0 Å². The van der Waals surface area contributed by atoms with Gasteiger partial charge in [-0.2, -0.15) is 4.98 Å². The van der Waals surface area contributed by atoms with Gasteiger partial charge >= 0.3 is 0 Å². The summed E-state index contributed by atoms with van der Waals surface area (Å²) in [6.07, 6.45) is 1.89. The molecule has 1 heterocycles. The maximum absolute atomic E-state index is 5.87. The van der Waals surface area contributed by atoms with Crippen molar-refractivity contribution >= 4 is 17.4 Å². The van der Waals surface area contributed by atoms with Crippen molar-refractivity contribution in [3.63, 3.8) is 0 Å². The third-order valence-corrected chi connectivity index (χ3v) is 3.81. The molecule has 0 atom stereocenters. The summed E-state index contributed by atoms with van der Waals surface area (Å²) in [5.74, 6) is 2.14. The number of nitrogens with two attached hydrogens (primary N) is 1. The van der Waals surface area contributed by atoms with E-state index in [-0.39, 0.29) is 0 Å². The van der Waals surface area contributed by atoms with E-state index in [1.54, 1.807) is 11.8 Å². The van der Waals surface area contributed by atoms with Gasteiger partial charge in [-0.1, -0.05) is 18.1 Å². The van der Waals surface area contributed by atoms with E-state index in [1.165, 1.54) is 0 Å². The molecule has 2 aromatic rings. The Morgan fingerprint density at radius 1 is 1.39 bits per heavy atom. The Morgan fingerprint density at radius 3 is 3.00 bits per heavy atom. The second kappa shape index (κ2) is 5.91.